The first-order chi connectivity index (χ1) is 26.7. The molecular formula is C44H45N3O7S. The van der Waals surface area contributed by atoms with Gasteiger partial charge in [0.05, 0.1) is 35.8 Å². The lowest BCUT2D eigenvalue weighted by Gasteiger charge is -2.36. The van der Waals surface area contributed by atoms with Gasteiger partial charge in [0.25, 0.3) is 0 Å². The van der Waals surface area contributed by atoms with E-state index < -0.39 is 12.3 Å². The molecule has 0 bridgehead atoms. The van der Waals surface area contributed by atoms with Crippen LogP contribution in [0.4, 0.5) is 11.4 Å². The molecule has 0 aliphatic carbocycles. The minimum atomic E-state index is -0.955. The summed E-state index contributed by atoms with van der Waals surface area (Å²) in [7, 11) is 0. The van der Waals surface area contributed by atoms with Crippen LogP contribution in [0.25, 0.3) is 11.1 Å². The van der Waals surface area contributed by atoms with Crippen LogP contribution in [0.2, 0.25) is 0 Å². The lowest BCUT2D eigenvalue weighted by molar-refractivity contribution is -0.245. The first kappa shape index (κ1) is 39.2. The van der Waals surface area contributed by atoms with Crippen LogP contribution in [-0.4, -0.2) is 39.9 Å². The highest BCUT2D eigenvalue weighted by Crippen LogP contribution is 2.40. The van der Waals surface area contributed by atoms with Crippen molar-refractivity contribution in [2.45, 2.75) is 68.6 Å². The molecule has 0 aromatic heterocycles. The molecule has 0 spiro atoms. The van der Waals surface area contributed by atoms with Gasteiger partial charge in [-0.2, -0.15) is 0 Å². The fourth-order valence-electron chi connectivity index (χ4n) is 6.28. The Hall–Kier alpha value is -5.46. The molecule has 6 rings (SSSR count). The quantitative estimate of drug-likeness (QED) is 0.0379. The Balaban J connectivity index is 1.03. The van der Waals surface area contributed by atoms with Crippen molar-refractivity contribution in [1.29, 1.82) is 0 Å². The number of hydrogen-bond donors (Lipinski definition) is 5. The molecule has 1 fully saturated rings. The number of benzene rings is 5. The summed E-state index contributed by atoms with van der Waals surface area (Å²) in [5, 5.41) is 24.6. The second-order valence-electron chi connectivity index (χ2n) is 13.4. The maximum absolute atomic E-state index is 12.6. The van der Waals surface area contributed by atoms with Crippen molar-refractivity contribution < 1.29 is 34.1 Å². The Morgan fingerprint density at radius 2 is 1.45 bits per heavy atom. The number of nitrogens with one attached hydrogen (secondary N) is 2. The van der Waals surface area contributed by atoms with Crippen molar-refractivity contribution in [2.24, 2.45) is 0 Å². The molecule has 6 N–H and O–H groups in total. The fraction of sp³-hybridized carbons (Fsp3) is 0.250. The average molecular weight is 760 g/mol. The minimum Gasteiger partial charge on any atom is -0.478 e. The molecule has 10 nitrogen and oxygen atoms in total. The summed E-state index contributed by atoms with van der Waals surface area (Å²) in [5.74, 6) is -0.492. The van der Waals surface area contributed by atoms with Gasteiger partial charge in [0, 0.05) is 42.0 Å². The zero-order valence-electron chi connectivity index (χ0n) is 30.4. The van der Waals surface area contributed by atoms with Crippen LogP contribution in [0.1, 0.15) is 77.1 Å². The summed E-state index contributed by atoms with van der Waals surface area (Å²) in [6, 6.07) is 37.9. The second-order valence-corrected chi connectivity index (χ2v) is 14.5. The molecular weight excluding hydrogens is 715 g/mol. The summed E-state index contributed by atoms with van der Waals surface area (Å²) in [5.41, 5.74) is 13.0. The van der Waals surface area contributed by atoms with E-state index in [9.17, 15) is 24.6 Å². The van der Waals surface area contributed by atoms with Crippen LogP contribution in [-0.2, 0) is 32.2 Å². The van der Waals surface area contributed by atoms with Gasteiger partial charge in [0.15, 0.2) is 6.29 Å². The molecule has 0 saturated carbocycles. The summed E-state index contributed by atoms with van der Waals surface area (Å²) in [4.78, 5) is 37.1. The highest BCUT2D eigenvalue weighted by Gasteiger charge is 2.32. The molecule has 11 heteroatoms. The van der Waals surface area contributed by atoms with Gasteiger partial charge in [-0.15, -0.1) is 11.8 Å². The average Bonchev–Trinajstić information content (AvgIpc) is 3.22. The summed E-state index contributed by atoms with van der Waals surface area (Å²) >= 11 is 1.61. The Bertz CT molecular complexity index is 2060. The van der Waals surface area contributed by atoms with E-state index in [0.29, 0.717) is 55.8 Å². The Morgan fingerprint density at radius 1 is 0.745 bits per heavy atom. The van der Waals surface area contributed by atoms with E-state index in [4.69, 9.17) is 15.2 Å². The number of thioether (sulfide) groups is 1. The number of carbonyl (C=O) groups excluding carboxylic acids is 2. The van der Waals surface area contributed by atoms with E-state index >= 15 is 0 Å². The number of anilines is 2. The SMILES string of the molecule is Nc1ccccc1NC(=O)CCCCC(=O)NCc1cccc(-c2ccc([C@H]3O[C@@H](CSc4ccc(C(=O)O)cc4)C[C@@H](c4ccc(CO)cc4)O3)cc2)c1. The van der Waals surface area contributed by atoms with Crippen LogP contribution in [0, 0.1) is 0 Å². The first-order valence-corrected chi connectivity index (χ1v) is 19.3. The highest BCUT2D eigenvalue weighted by atomic mass is 32.2. The molecule has 0 unspecified atom stereocenters. The minimum absolute atomic E-state index is 0.0308. The number of para-hydroxylation sites is 2. The van der Waals surface area contributed by atoms with Crippen molar-refractivity contribution in [3.05, 3.63) is 149 Å². The summed E-state index contributed by atoms with van der Waals surface area (Å²) in [6.45, 7) is 0.364. The number of carboxylic acid groups (broad SMARTS) is 1. The predicted molar refractivity (Wildman–Crippen MR) is 214 cm³/mol. The number of amides is 2. The van der Waals surface area contributed by atoms with Gasteiger partial charge in [-0.3, -0.25) is 9.59 Å². The van der Waals surface area contributed by atoms with E-state index in [1.807, 2.05) is 91.0 Å². The fourth-order valence-corrected chi connectivity index (χ4v) is 7.20. The Morgan fingerprint density at radius 3 is 2.16 bits per heavy atom. The molecule has 3 atom stereocenters. The molecule has 55 heavy (non-hydrogen) atoms. The molecule has 284 valence electrons. The number of rotatable bonds is 16. The molecule has 1 saturated heterocycles. The smallest absolute Gasteiger partial charge is 0.335 e. The number of ether oxygens (including phenoxy) is 2. The van der Waals surface area contributed by atoms with Gasteiger partial charge >= 0.3 is 5.97 Å². The maximum Gasteiger partial charge on any atom is 0.335 e. The van der Waals surface area contributed by atoms with Gasteiger partial charge < -0.3 is 36.1 Å². The van der Waals surface area contributed by atoms with Gasteiger partial charge in [0.1, 0.15) is 0 Å². The number of nitrogen functional groups attached to an aromatic ring is 1. The highest BCUT2D eigenvalue weighted by molar-refractivity contribution is 7.99. The van der Waals surface area contributed by atoms with Crippen molar-refractivity contribution in [1.82, 2.24) is 5.32 Å². The number of unbranched alkanes of at least 4 members (excludes halogenated alkanes) is 1. The molecule has 1 aliphatic heterocycles. The molecule has 1 heterocycles. The Labute approximate surface area is 325 Å². The number of nitrogens with two attached hydrogens (primary N) is 1. The van der Waals surface area contributed by atoms with Crippen molar-refractivity contribution in [2.75, 3.05) is 16.8 Å². The largest absolute Gasteiger partial charge is 0.478 e. The zero-order chi connectivity index (χ0) is 38.6. The van der Waals surface area contributed by atoms with Gasteiger partial charge in [-0.1, -0.05) is 78.9 Å². The van der Waals surface area contributed by atoms with E-state index in [2.05, 4.69) is 16.7 Å². The maximum atomic E-state index is 12.6. The van der Waals surface area contributed by atoms with E-state index in [-0.39, 0.29) is 36.2 Å². The molecule has 1 aliphatic rings. The van der Waals surface area contributed by atoms with E-state index in [0.717, 1.165) is 38.3 Å². The van der Waals surface area contributed by atoms with Crippen LogP contribution in [0.5, 0.6) is 0 Å². The molecule has 5 aromatic rings. The zero-order valence-corrected chi connectivity index (χ0v) is 31.2. The normalized spacial score (nSPS) is 16.6. The molecule has 2 amide bonds. The van der Waals surface area contributed by atoms with Crippen LogP contribution in [0.15, 0.2) is 126 Å². The molecule has 5 aromatic carbocycles. The first-order valence-electron chi connectivity index (χ1n) is 18.3. The number of carbonyl (C=O) groups is 3. The predicted octanol–water partition coefficient (Wildman–Crippen LogP) is 8.28. The number of aromatic carboxylic acids is 1. The van der Waals surface area contributed by atoms with Crippen LogP contribution < -0.4 is 16.4 Å². The third-order valence-electron chi connectivity index (χ3n) is 9.38. The van der Waals surface area contributed by atoms with Gasteiger partial charge in [-0.05, 0) is 83.1 Å². The summed E-state index contributed by atoms with van der Waals surface area (Å²) in [6.07, 6.45) is 1.50. The number of aliphatic hydroxyl groups is 1. The monoisotopic (exact) mass is 759 g/mol. The van der Waals surface area contributed by atoms with Crippen LogP contribution in [0.3, 0.4) is 0 Å². The number of aliphatic hydroxyl groups excluding tert-OH is 1. The standard InChI is InChI=1S/C44H45N3O7S/c45-38-8-1-2-9-39(38)47-42(50)11-4-3-10-41(49)46-26-30-6-5-7-35(24-30)31-16-18-34(19-17-31)44-53-36(28-55-37-22-20-33(21-23-37)43(51)52)25-40(54-44)32-14-12-29(27-48)13-15-32/h1-2,5-9,12-24,36,40,44,48H,3-4,10-11,25-28,45H2,(H,46,49)(H,47,50)(H,51,52)/t36-,40+,44+/m1/s1. The molecule has 0 radical (unpaired) electrons. The topological polar surface area (TPSA) is 160 Å². The van der Waals surface area contributed by atoms with Crippen molar-refractivity contribution >= 4 is 40.9 Å². The van der Waals surface area contributed by atoms with Crippen molar-refractivity contribution in [3.8, 4) is 11.1 Å². The summed E-state index contributed by atoms with van der Waals surface area (Å²) < 4.78 is 13.0. The van der Waals surface area contributed by atoms with E-state index in [1.54, 1.807) is 36.0 Å². The van der Waals surface area contributed by atoms with Gasteiger partial charge in [0.2, 0.25) is 11.8 Å². The lowest BCUT2D eigenvalue weighted by Crippen LogP contribution is -2.31. The number of hydrogen-bond acceptors (Lipinski definition) is 8. The lowest BCUT2D eigenvalue weighted by atomic mass is 9.99. The van der Waals surface area contributed by atoms with E-state index in [1.165, 1.54) is 0 Å². The third-order valence-corrected chi connectivity index (χ3v) is 10.5. The third kappa shape index (κ3) is 11.3. The van der Waals surface area contributed by atoms with Crippen LogP contribution >= 0.6 is 11.8 Å². The number of carboxylic acids is 1. The Kier molecular flexibility index (Phi) is 13.7. The van der Waals surface area contributed by atoms with Gasteiger partial charge in [-0.25, -0.2) is 4.79 Å². The second kappa shape index (κ2) is 19.2. The van der Waals surface area contributed by atoms with Crippen molar-refractivity contribution in [3.63, 3.8) is 0 Å².